The lowest BCUT2D eigenvalue weighted by Gasteiger charge is -2.15. The van der Waals surface area contributed by atoms with Crippen LogP contribution in [0.25, 0.3) is 0 Å². The third kappa shape index (κ3) is 3.51. The molecular formula is C19H21N7O. The molecule has 4 rings (SSSR count). The Kier molecular flexibility index (Phi) is 4.53. The van der Waals surface area contributed by atoms with E-state index in [1.165, 1.54) is 6.21 Å². The Bertz CT molecular complexity index is 892. The van der Waals surface area contributed by atoms with Gasteiger partial charge in [0.25, 0.3) is 5.91 Å². The van der Waals surface area contributed by atoms with Gasteiger partial charge in [-0.2, -0.15) is 0 Å². The normalized spacial score (nSPS) is 20.3. The fraction of sp³-hybridized carbons (Fsp3) is 0.316. The highest BCUT2D eigenvalue weighted by Gasteiger charge is 2.29. The van der Waals surface area contributed by atoms with Gasteiger partial charge < -0.3 is 15.5 Å². The average molecular weight is 363 g/mol. The van der Waals surface area contributed by atoms with Gasteiger partial charge in [0.1, 0.15) is 0 Å². The van der Waals surface area contributed by atoms with Gasteiger partial charge in [-0.1, -0.05) is 6.92 Å². The fourth-order valence-electron chi connectivity index (χ4n) is 3.27. The number of hydrogen-bond acceptors (Lipinski definition) is 7. The van der Waals surface area contributed by atoms with Crippen LogP contribution in [-0.4, -0.2) is 46.7 Å². The molecule has 1 amide bonds. The number of carbonyl (C=O) groups excluding carboxylic acids is 1. The summed E-state index contributed by atoms with van der Waals surface area (Å²) in [5.74, 6) is 1.20. The molecule has 4 heterocycles. The van der Waals surface area contributed by atoms with Crippen molar-refractivity contribution in [3.8, 4) is 0 Å². The molecule has 2 aromatic heterocycles. The molecule has 0 saturated carbocycles. The third-order valence-corrected chi connectivity index (χ3v) is 4.78. The summed E-state index contributed by atoms with van der Waals surface area (Å²) >= 11 is 0. The number of amides is 1. The molecule has 0 aromatic carbocycles. The lowest BCUT2D eigenvalue weighted by molar-refractivity contribution is -0.114. The van der Waals surface area contributed by atoms with E-state index in [1.54, 1.807) is 35.8 Å². The van der Waals surface area contributed by atoms with Crippen LogP contribution in [0.1, 0.15) is 13.3 Å². The fourth-order valence-corrected chi connectivity index (χ4v) is 3.27. The Labute approximate surface area is 157 Å². The minimum atomic E-state index is -0.187. The van der Waals surface area contributed by atoms with E-state index in [2.05, 4.69) is 31.8 Å². The Hall–Kier alpha value is -3.29. The molecule has 8 nitrogen and oxygen atoms in total. The standard InChI is InChI=1S/C19H21N7O/c1-13-4-6-25(11-13)19-23-7-14(8-24-19)22-10-16-17(20)12-26(18(16)27)15-3-2-5-21-9-15/h2-3,5,7-10,13H,4,6,11-12,20H2,1H3. The van der Waals surface area contributed by atoms with Crippen LogP contribution >= 0.6 is 0 Å². The number of rotatable bonds is 4. The summed E-state index contributed by atoms with van der Waals surface area (Å²) in [4.78, 5) is 33.5. The SMILES string of the molecule is CC1CCN(c2ncc(N=CC3=C(N)CN(c4cccnc4)C3=O)cn2)C1. The first kappa shape index (κ1) is 17.1. The van der Waals surface area contributed by atoms with Crippen LogP contribution in [0.5, 0.6) is 0 Å². The number of pyridine rings is 1. The highest BCUT2D eigenvalue weighted by atomic mass is 16.2. The molecule has 1 unspecified atom stereocenters. The van der Waals surface area contributed by atoms with E-state index >= 15 is 0 Å². The summed E-state index contributed by atoms with van der Waals surface area (Å²) in [6.07, 6.45) is 9.27. The van der Waals surface area contributed by atoms with Gasteiger partial charge in [0.15, 0.2) is 0 Å². The zero-order valence-electron chi connectivity index (χ0n) is 15.1. The van der Waals surface area contributed by atoms with Crippen molar-refractivity contribution in [2.45, 2.75) is 13.3 Å². The van der Waals surface area contributed by atoms with E-state index in [9.17, 15) is 4.79 Å². The summed E-state index contributed by atoms with van der Waals surface area (Å²) in [7, 11) is 0. The molecular weight excluding hydrogens is 342 g/mol. The molecule has 1 saturated heterocycles. The Morgan fingerprint density at radius 3 is 2.78 bits per heavy atom. The summed E-state index contributed by atoms with van der Waals surface area (Å²) in [6, 6.07) is 3.61. The lowest BCUT2D eigenvalue weighted by Crippen LogP contribution is -2.27. The van der Waals surface area contributed by atoms with Crippen LogP contribution in [-0.2, 0) is 4.79 Å². The first-order valence-electron chi connectivity index (χ1n) is 8.93. The summed E-state index contributed by atoms with van der Waals surface area (Å²) in [6.45, 7) is 4.51. The largest absolute Gasteiger partial charge is 0.400 e. The minimum Gasteiger partial charge on any atom is -0.400 e. The number of carbonyl (C=O) groups is 1. The van der Waals surface area contributed by atoms with Crippen LogP contribution < -0.4 is 15.5 Å². The van der Waals surface area contributed by atoms with Gasteiger partial charge in [-0.3, -0.25) is 14.8 Å². The van der Waals surface area contributed by atoms with Crippen LogP contribution in [0.4, 0.5) is 17.3 Å². The van der Waals surface area contributed by atoms with Crippen molar-refractivity contribution in [1.82, 2.24) is 15.0 Å². The second kappa shape index (κ2) is 7.14. The molecule has 0 bridgehead atoms. The number of aliphatic imine (C=N–C) groups is 1. The summed E-state index contributed by atoms with van der Waals surface area (Å²) < 4.78 is 0. The molecule has 138 valence electrons. The van der Waals surface area contributed by atoms with Crippen LogP contribution in [0, 0.1) is 5.92 Å². The molecule has 2 aliphatic heterocycles. The monoisotopic (exact) mass is 363 g/mol. The second-order valence-electron chi connectivity index (χ2n) is 6.88. The van der Waals surface area contributed by atoms with E-state index in [0.29, 0.717) is 35.1 Å². The van der Waals surface area contributed by atoms with E-state index < -0.39 is 0 Å². The predicted octanol–water partition coefficient (Wildman–Crippen LogP) is 1.68. The van der Waals surface area contributed by atoms with Gasteiger partial charge in [0.05, 0.1) is 42.1 Å². The topological polar surface area (TPSA) is 101 Å². The first-order chi connectivity index (χ1) is 13.1. The number of aromatic nitrogens is 3. The maximum atomic E-state index is 12.6. The number of hydrogen-bond donors (Lipinski definition) is 1. The van der Waals surface area contributed by atoms with Gasteiger partial charge >= 0.3 is 0 Å². The molecule has 2 N–H and O–H groups in total. The second-order valence-corrected chi connectivity index (χ2v) is 6.88. The molecule has 0 spiro atoms. The molecule has 1 atom stereocenters. The predicted molar refractivity (Wildman–Crippen MR) is 104 cm³/mol. The molecule has 0 aliphatic carbocycles. The summed E-state index contributed by atoms with van der Waals surface area (Å²) in [5, 5.41) is 0. The number of nitrogens with zero attached hydrogens (tertiary/aromatic N) is 6. The highest BCUT2D eigenvalue weighted by molar-refractivity contribution is 6.22. The molecule has 8 heteroatoms. The zero-order valence-corrected chi connectivity index (χ0v) is 15.1. The van der Waals surface area contributed by atoms with Gasteiger partial charge in [-0.05, 0) is 24.5 Å². The van der Waals surface area contributed by atoms with Crippen LogP contribution in [0.2, 0.25) is 0 Å². The molecule has 1 fully saturated rings. The van der Waals surface area contributed by atoms with Gasteiger partial charge in [-0.25, -0.2) is 9.97 Å². The molecule has 2 aromatic rings. The Morgan fingerprint density at radius 2 is 2.11 bits per heavy atom. The smallest absolute Gasteiger partial charge is 0.262 e. The lowest BCUT2D eigenvalue weighted by atomic mass is 10.2. The van der Waals surface area contributed by atoms with Crippen LogP contribution in [0.3, 0.4) is 0 Å². The van der Waals surface area contributed by atoms with E-state index in [-0.39, 0.29) is 5.91 Å². The first-order valence-corrected chi connectivity index (χ1v) is 8.93. The maximum absolute atomic E-state index is 12.6. The van der Waals surface area contributed by atoms with Crippen molar-refractivity contribution in [3.05, 3.63) is 48.2 Å². The zero-order chi connectivity index (χ0) is 18.8. The van der Waals surface area contributed by atoms with Gasteiger partial charge in [0.2, 0.25) is 5.95 Å². The van der Waals surface area contributed by atoms with E-state index in [0.717, 1.165) is 25.5 Å². The van der Waals surface area contributed by atoms with Gasteiger partial charge in [0, 0.05) is 31.2 Å². The third-order valence-electron chi connectivity index (χ3n) is 4.78. The minimum absolute atomic E-state index is 0.187. The van der Waals surface area contributed by atoms with Crippen molar-refractivity contribution < 1.29 is 4.79 Å². The van der Waals surface area contributed by atoms with Crippen molar-refractivity contribution in [2.75, 3.05) is 29.4 Å². The van der Waals surface area contributed by atoms with Crippen molar-refractivity contribution >= 4 is 29.4 Å². The van der Waals surface area contributed by atoms with Gasteiger partial charge in [-0.15, -0.1) is 0 Å². The molecule has 0 radical (unpaired) electrons. The Balaban J connectivity index is 1.46. The summed E-state index contributed by atoms with van der Waals surface area (Å²) in [5.41, 5.74) is 8.21. The highest BCUT2D eigenvalue weighted by Crippen LogP contribution is 2.23. The number of nitrogens with two attached hydrogens (primary N) is 1. The van der Waals surface area contributed by atoms with Crippen molar-refractivity contribution in [2.24, 2.45) is 16.6 Å². The average Bonchev–Trinajstić information content (AvgIpc) is 3.25. The van der Waals surface area contributed by atoms with Crippen LogP contribution in [0.15, 0.2) is 53.2 Å². The molecule has 2 aliphatic rings. The van der Waals surface area contributed by atoms with E-state index in [1.807, 2.05) is 6.07 Å². The van der Waals surface area contributed by atoms with Crippen molar-refractivity contribution in [1.29, 1.82) is 0 Å². The van der Waals surface area contributed by atoms with E-state index in [4.69, 9.17) is 5.73 Å². The quantitative estimate of drug-likeness (QED) is 0.830. The maximum Gasteiger partial charge on any atom is 0.262 e. The molecule has 27 heavy (non-hydrogen) atoms. The Morgan fingerprint density at radius 1 is 1.30 bits per heavy atom. The number of anilines is 2. The van der Waals surface area contributed by atoms with Crippen molar-refractivity contribution in [3.63, 3.8) is 0 Å².